The van der Waals surface area contributed by atoms with Crippen molar-refractivity contribution in [3.8, 4) is 5.75 Å². The average Bonchev–Trinajstić information content (AvgIpc) is 2.41. The fraction of sp³-hybridized carbons (Fsp3) is 0.133. The van der Waals surface area contributed by atoms with E-state index >= 15 is 0 Å². The molecule has 0 radical (unpaired) electrons. The maximum atomic E-state index is 13.1. The second kappa shape index (κ2) is 8.59. The van der Waals surface area contributed by atoms with Crippen molar-refractivity contribution < 1.29 is 17.9 Å². The average molecular weight is 363 g/mol. The first kappa shape index (κ1) is 19.1. The molecule has 0 atom stereocenters. The summed E-state index contributed by atoms with van der Waals surface area (Å²) in [6, 6.07) is 10.3. The first-order valence-corrected chi connectivity index (χ1v) is 6.74. The highest BCUT2D eigenvalue weighted by molar-refractivity contribution is 7.80. The Hall–Kier alpha value is -1.99. The summed E-state index contributed by atoms with van der Waals surface area (Å²) in [5, 5.41) is 6.01. The van der Waals surface area contributed by atoms with Crippen LogP contribution in [-0.2, 0) is 0 Å². The molecule has 0 unspecified atom stereocenters. The molecule has 124 valence electrons. The fourth-order valence-electron chi connectivity index (χ4n) is 1.80. The van der Waals surface area contributed by atoms with Crippen LogP contribution in [-0.4, -0.2) is 11.7 Å². The maximum Gasteiger partial charge on any atom is 0.387 e. The number of halogens is 4. The smallest absolute Gasteiger partial charge is 0.387 e. The summed E-state index contributed by atoms with van der Waals surface area (Å²) < 4.78 is 41.7. The first-order valence-electron chi connectivity index (χ1n) is 6.33. The van der Waals surface area contributed by atoms with Crippen molar-refractivity contribution in [3.63, 3.8) is 0 Å². The zero-order chi connectivity index (χ0) is 16.1. The number of aryl methyl sites for hydroxylation is 1. The van der Waals surface area contributed by atoms with Crippen LogP contribution in [0.4, 0.5) is 24.5 Å². The predicted octanol–water partition coefficient (Wildman–Crippen LogP) is 4.97. The minimum Gasteiger partial charge on any atom is -0.435 e. The molecule has 3 nitrogen and oxygen atoms in total. The van der Waals surface area contributed by atoms with E-state index in [2.05, 4.69) is 15.4 Å². The fourth-order valence-corrected chi connectivity index (χ4v) is 2.03. The van der Waals surface area contributed by atoms with Gasteiger partial charge in [0.2, 0.25) is 0 Å². The molecular formula is C15H14ClF3N2OS. The number of hydrogen-bond acceptors (Lipinski definition) is 2. The van der Waals surface area contributed by atoms with E-state index in [0.717, 1.165) is 0 Å². The topological polar surface area (TPSA) is 33.3 Å². The minimum atomic E-state index is -2.87. The summed E-state index contributed by atoms with van der Waals surface area (Å²) in [4.78, 5) is 0. The molecule has 0 aromatic heterocycles. The van der Waals surface area contributed by atoms with E-state index in [4.69, 9.17) is 12.2 Å². The van der Waals surface area contributed by atoms with E-state index in [1.807, 2.05) is 0 Å². The van der Waals surface area contributed by atoms with Gasteiger partial charge in [-0.3, -0.25) is 0 Å². The summed E-state index contributed by atoms with van der Waals surface area (Å²) in [5.41, 5.74) is 1.82. The third kappa shape index (κ3) is 5.96. The summed E-state index contributed by atoms with van der Waals surface area (Å²) >= 11 is 5.13. The summed E-state index contributed by atoms with van der Waals surface area (Å²) in [6.45, 7) is -1.14. The van der Waals surface area contributed by atoms with Crippen molar-refractivity contribution in [2.24, 2.45) is 0 Å². The lowest BCUT2D eigenvalue weighted by molar-refractivity contribution is -0.0498. The predicted molar refractivity (Wildman–Crippen MR) is 91.3 cm³/mol. The Bertz CT molecular complexity index is 686. The van der Waals surface area contributed by atoms with Gasteiger partial charge in [0.25, 0.3) is 0 Å². The van der Waals surface area contributed by atoms with E-state index in [1.165, 1.54) is 24.3 Å². The highest BCUT2D eigenvalue weighted by Crippen LogP contribution is 2.23. The van der Waals surface area contributed by atoms with Gasteiger partial charge in [0, 0.05) is 11.4 Å². The molecule has 0 fully saturated rings. The van der Waals surface area contributed by atoms with Crippen molar-refractivity contribution >= 4 is 41.1 Å². The van der Waals surface area contributed by atoms with Gasteiger partial charge in [-0.1, -0.05) is 6.07 Å². The van der Waals surface area contributed by atoms with Gasteiger partial charge in [0.15, 0.2) is 5.11 Å². The molecule has 0 amide bonds. The summed E-state index contributed by atoms with van der Waals surface area (Å²) in [5.74, 6) is -0.306. The number of anilines is 2. The van der Waals surface area contributed by atoms with Crippen LogP contribution in [0.25, 0.3) is 0 Å². The third-order valence-electron chi connectivity index (χ3n) is 2.75. The molecule has 0 aliphatic rings. The van der Waals surface area contributed by atoms with Gasteiger partial charge in [-0.25, -0.2) is 4.39 Å². The van der Waals surface area contributed by atoms with E-state index in [1.54, 1.807) is 25.1 Å². The Balaban J connectivity index is 0.00000264. The van der Waals surface area contributed by atoms with Gasteiger partial charge in [-0.15, -0.1) is 12.4 Å². The largest absolute Gasteiger partial charge is 0.435 e. The van der Waals surface area contributed by atoms with Crippen molar-refractivity contribution in [2.75, 3.05) is 10.6 Å². The zero-order valence-electron chi connectivity index (χ0n) is 12.0. The standard InChI is InChI=1S/C15H13F3N2OS.ClH/c1-9-7-12(21-14(17)18)5-6-13(9)20-15(22)19-11-4-2-3-10(16)8-11;/h2-8,14H,1H3,(H2,19,20,22);1H. The maximum absolute atomic E-state index is 13.1. The second-order valence-electron chi connectivity index (χ2n) is 4.44. The van der Waals surface area contributed by atoms with Crippen molar-refractivity contribution in [2.45, 2.75) is 13.5 Å². The Morgan fingerprint density at radius 1 is 1.13 bits per heavy atom. The number of hydrogen-bond donors (Lipinski definition) is 2. The lowest BCUT2D eigenvalue weighted by atomic mass is 10.2. The van der Waals surface area contributed by atoms with Crippen molar-refractivity contribution in [3.05, 3.63) is 53.8 Å². The molecule has 2 aromatic carbocycles. The SMILES string of the molecule is Cc1cc(OC(F)F)ccc1NC(=S)Nc1cccc(F)c1.Cl. The molecule has 2 N–H and O–H groups in total. The van der Waals surface area contributed by atoms with Gasteiger partial charge in [-0.05, 0) is 61.1 Å². The Morgan fingerprint density at radius 3 is 2.48 bits per heavy atom. The lowest BCUT2D eigenvalue weighted by Gasteiger charge is -2.14. The van der Waals surface area contributed by atoms with E-state index in [-0.39, 0.29) is 29.1 Å². The van der Waals surface area contributed by atoms with Gasteiger partial charge < -0.3 is 15.4 Å². The number of rotatable bonds is 4. The number of nitrogens with one attached hydrogen (secondary N) is 2. The molecule has 0 heterocycles. The van der Waals surface area contributed by atoms with Gasteiger partial charge in [-0.2, -0.15) is 8.78 Å². The molecular weight excluding hydrogens is 349 g/mol. The van der Waals surface area contributed by atoms with E-state index < -0.39 is 6.61 Å². The molecule has 0 saturated carbocycles. The second-order valence-corrected chi connectivity index (χ2v) is 4.85. The molecule has 0 spiro atoms. The van der Waals surface area contributed by atoms with Crippen molar-refractivity contribution in [1.82, 2.24) is 0 Å². The van der Waals surface area contributed by atoms with Crippen LogP contribution in [0.15, 0.2) is 42.5 Å². The van der Waals surface area contributed by atoms with E-state index in [0.29, 0.717) is 16.9 Å². The highest BCUT2D eigenvalue weighted by Gasteiger charge is 2.07. The molecule has 8 heteroatoms. The third-order valence-corrected chi connectivity index (χ3v) is 2.96. The molecule has 0 bridgehead atoms. The summed E-state index contributed by atoms with van der Waals surface area (Å²) in [7, 11) is 0. The summed E-state index contributed by atoms with van der Waals surface area (Å²) in [6.07, 6.45) is 0. The molecule has 0 aliphatic carbocycles. The van der Waals surface area contributed by atoms with Crippen LogP contribution in [0.2, 0.25) is 0 Å². The highest BCUT2D eigenvalue weighted by atomic mass is 35.5. The monoisotopic (exact) mass is 362 g/mol. The Kier molecular flexibility index (Phi) is 7.12. The number of alkyl halides is 2. The van der Waals surface area contributed by atoms with Gasteiger partial charge >= 0.3 is 6.61 Å². The van der Waals surface area contributed by atoms with Crippen LogP contribution in [0, 0.1) is 12.7 Å². The van der Waals surface area contributed by atoms with Crippen LogP contribution >= 0.6 is 24.6 Å². The zero-order valence-corrected chi connectivity index (χ0v) is 13.6. The number of benzene rings is 2. The number of thiocarbonyl (C=S) groups is 1. The van der Waals surface area contributed by atoms with Crippen LogP contribution in [0.5, 0.6) is 5.75 Å². The number of ether oxygens (including phenoxy) is 1. The molecule has 2 aromatic rings. The van der Waals surface area contributed by atoms with Crippen LogP contribution in [0.3, 0.4) is 0 Å². The Morgan fingerprint density at radius 2 is 1.87 bits per heavy atom. The van der Waals surface area contributed by atoms with Crippen LogP contribution in [0.1, 0.15) is 5.56 Å². The van der Waals surface area contributed by atoms with Gasteiger partial charge in [0.05, 0.1) is 0 Å². The normalized spacial score (nSPS) is 9.96. The first-order chi connectivity index (χ1) is 10.4. The molecule has 0 aliphatic heterocycles. The molecule has 23 heavy (non-hydrogen) atoms. The van der Waals surface area contributed by atoms with Gasteiger partial charge in [0.1, 0.15) is 11.6 Å². The van der Waals surface area contributed by atoms with Crippen LogP contribution < -0.4 is 15.4 Å². The quantitative estimate of drug-likeness (QED) is 0.753. The van der Waals surface area contributed by atoms with E-state index in [9.17, 15) is 13.2 Å². The van der Waals surface area contributed by atoms with Crippen molar-refractivity contribution in [1.29, 1.82) is 0 Å². The molecule has 2 rings (SSSR count). The lowest BCUT2D eigenvalue weighted by Crippen LogP contribution is -2.19. The minimum absolute atomic E-state index is 0. The molecule has 0 saturated heterocycles. The Labute approximate surface area is 143 Å².